The van der Waals surface area contributed by atoms with E-state index in [4.69, 9.17) is 28.4 Å². The van der Waals surface area contributed by atoms with Gasteiger partial charge >= 0.3 is 11.9 Å². The predicted octanol–water partition coefficient (Wildman–Crippen LogP) is 3.73. The van der Waals surface area contributed by atoms with Gasteiger partial charge in [-0.1, -0.05) is 32.0 Å². The van der Waals surface area contributed by atoms with Crippen LogP contribution in [0.2, 0.25) is 0 Å². The molecule has 236 valence electrons. The Hall–Kier alpha value is -2.04. The third-order valence-corrected chi connectivity index (χ3v) is 13.2. The zero-order valence-corrected chi connectivity index (χ0v) is 26.5. The van der Waals surface area contributed by atoms with Gasteiger partial charge in [0.15, 0.2) is 5.60 Å². The highest BCUT2D eigenvalue weighted by Gasteiger charge is 2.93. The van der Waals surface area contributed by atoms with Crippen molar-refractivity contribution in [3.63, 3.8) is 0 Å². The molecular formula is C34H47NO8. The van der Waals surface area contributed by atoms with Gasteiger partial charge in [0.1, 0.15) is 17.8 Å². The van der Waals surface area contributed by atoms with Crippen LogP contribution < -0.4 is 0 Å². The first-order chi connectivity index (χ1) is 20.6. The molecule has 0 aromatic heterocycles. The molecular weight excluding hydrogens is 550 g/mol. The number of rotatable bonds is 8. The zero-order valence-electron chi connectivity index (χ0n) is 26.5. The van der Waals surface area contributed by atoms with Crippen LogP contribution in [0.3, 0.4) is 0 Å². The van der Waals surface area contributed by atoms with Crippen molar-refractivity contribution in [3.05, 3.63) is 35.9 Å². The van der Waals surface area contributed by atoms with E-state index in [1.165, 1.54) is 6.92 Å². The Bertz CT molecular complexity index is 1280. The van der Waals surface area contributed by atoms with E-state index in [0.29, 0.717) is 12.0 Å². The van der Waals surface area contributed by atoms with Crippen molar-refractivity contribution in [1.82, 2.24) is 4.90 Å². The van der Waals surface area contributed by atoms with E-state index in [2.05, 4.69) is 18.7 Å². The van der Waals surface area contributed by atoms with Crippen LogP contribution in [0.1, 0.15) is 56.8 Å². The molecule has 5 aliphatic carbocycles. The lowest BCUT2D eigenvalue weighted by molar-refractivity contribution is -0.329. The predicted molar refractivity (Wildman–Crippen MR) is 156 cm³/mol. The van der Waals surface area contributed by atoms with Gasteiger partial charge in [-0.25, -0.2) is 4.79 Å². The molecule has 6 fully saturated rings. The number of esters is 2. The topological polar surface area (TPSA) is 92.8 Å². The fourth-order valence-electron chi connectivity index (χ4n) is 12.3. The number of fused-ring (bicyclic) bond motifs is 2. The molecule has 0 radical (unpaired) electrons. The molecule has 6 aliphatic rings. The van der Waals surface area contributed by atoms with Gasteiger partial charge in [0, 0.05) is 71.5 Å². The highest BCUT2D eigenvalue weighted by atomic mass is 16.6. The van der Waals surface area contributed by atoms with Crippen LogP contribution >= 0.6 is 0 Å². The standard InChI is InChI=1S/C34H47NO8/c1-8-35-18-31(3)15-14-24(39-5)33-22-16-21-23(38-4)17-32(40-6,25(22)26(21)43-29(37)20-12-10-9-11-13-20)34(41-7,30(33)35)28(27(31)33)42-19(2)36/h9-13,21-28,30H,8,14-18H2,1-7H3/t21-,22-,23+,24+,25-,26+,27-,28-,30+,31+,32-,33+,34+/m1/s1. The first-order valence-corrected chi connectivity index (χ1v) is 16.0. The number of hydrogen-bond acceptors (Lipinski definition) is 9. The average molecular weight is 598 g/mol. The van der Waals surface area contributed by atoms with Crippen molar-refractivity contribution in [2.24, 2.45) is 34.5 Å². The molecule has 13 atom stereocenters. The summed E-state index contributed by atoms with van der Waals surface area (Å²) in [7, 11) is 7.06. The number of nitrogens with zero attached hydrogens (tertiary/aromatic N) is 1. The highest BCUT2D eigenvalue weighted by Crippen LogP contribution is 2.81. The van der Waals surface area contributed by atoms with Crippen LogP contribution in [0, 0.1) is 34.5 Å². The summed E-state index contributed by atoms with van der Waals surface area (Å²) in [6, 6.07) is 9.06. The van der Waals surface area contributed by atoms with Crippen molar-refractivity contribution < 1.29 is 38.0 Å². The largest absolute Gasteiger partial charge is 0.459 e. The fraction of sp³-hybridized carbons (Fsp3) is 0.765. The number of piperidine rings is 1. The van der Waals surface area contributed by atoms with Crippen LogP contribution in [-0.2, 0) is 33.2 Å². The summed E-state index contributed by atoms with van der Waals surface area (Å²) in [6.07, 6.45) is 1.92. The smallest absolute Gasteiger partial charge is 0.338 e. The lowest BCUT2D eigenvalue weighted by Gasteiger charge is -2.70. The highest BCUT2D eigenvalue weighted by molar-refractivity contribution is 5.89. The molecule has 43 heavy (non-hydrogen) atoms. The number of carbonyl (C=O) groups is 2. The minimum absolute atomic E-state index is 0.00719. The van der Waals surface area contributed by atoms with Gasteiger partial charge in [0.25, 0.3) is 0 Å². The number of likely N-dealkylation sites (N-methyl/N-ethyl adjacent to an activating group) is 1. The lowest BCUT2D eigenvalue weighted by atomic mass is 9.43. The summed E-state index contributed by atoms with van der Waals surface area (Å²) < 4.78 is 39.7. The van der Waals surface area contributed by atoms with Crippen LogP contribution in [0.25, 0.3) is 0 Å². The second-order valence-electron chi connectivity index (χ2n) is 14.2. The minimum Gasteiger partial charge on any atom is -0.459 e. The Morgan fingerprint density at radius 1 is 1.02 bits per heavy atom. The molecule has 5 saturated carbocycles. The maximum absolute atomic E-state index is 13.7. The van der Waals surface area contributed by atoms with Gasteiger partial charge in [-0.2, -0.15) is 0 Å². The number of methoxy groups -OCH3 is 4. The molecule has 1 spiro atoms. The first kappa shape index (κ1) is 29.7. The first-order valence-electron chi connectivity index (χ1n) is 16.0. The molecule has 7 bridgehead atoms. The minimum atomic E-state index is -1.04. The Balaban J connectivity index is 1.50. The summed E-state index contributed by atoms with van der Waals surface area (Å²) in [6.45, 7) is 7.79. The molecule has 1 aliphatic heterocycles. The van der Waals surface area contributed by atoms with E-state index in [9.17, 15) is 9.59 Å². The third kappa shape index (κ3) is 3.36. The number of ether oxygens (including phenoxy) is 6. The Morgan fingerprint density at radius 2 is 1.77 bits per heavy atom. The molecule has 9 heteroatoms. The molecule has 7 rings (SSSR count). The van der Waals surface area contributed by atoms with Crippen molar-refractivity contribution in [1.29, 1.82) is 0 Å². The molecule has 1 aromatic carbocycles. The molecule has 0 unspecified atom stereocenters. The van der Waals surface area contributed by atoms with Gasteiger partial charge in [0.05, 0.1) is 23.8 Å². The SMILES string of the molecule is CCN1C[C@]2(C)CC[C@H](OC)[C@@]34[C@@H]5C[C@H]6[C@H](OC(=O)c7ccccc7)[C@@H]5[C@](OC)(C[C@@H]6OC)[C@](OC)([C@H](OC(C)=O)[C@H]23)[C@@H]14. The second-order valence-corrected chi connectivity index (χ2v) is 14.2. The molecule has 1 saturated heterocycles. The van der Waals surface area contributed by atoms with E-state index in [1.54, 1.807) is 33.5 Å². The van der Waals surface area contributed by atoms with Crippen molar-refractivity contribution in [3.8, 4) is 0 Å². The molecule has 0 amide bonds. The van der Waals surface area contributed by atoms with Crippen molar-refractivity contribution in [2.45, 2.75) is 88.1 Å². The van der Waals surface area contributed by atoms with Crippen molar-refractivity contribution in [2.75, 3.05) is 41.5 Å². The van der Waals surface area contributed by atoms with Gasteiger partial charge < -0.3 is 28.4 Å². The lowest BCUT2D eigenvalue weighted by Crippen LogP contribution is -2.82. The van der Waals surface area contributed by atoms with E-state index in [-0.39, 0.29) is 59.3 Å². The van der Waals surface area contributed by atoms with Crippen LogP contribution in [0.15, 0.2) is 30.3 Å². The van der Waals surface area contributed by atoms with Gasteiger partial charge in [0.2, 0.25) is 0 Å². The van der Waals surface area contributed by atoms with E-state index < -0.39 is 28.8 Å². The summed E-state index contributed by atoms with van der Waals surface area (Å²) in [5.74, 6) is -0.810. The normalized spacial score (nSPS) is 49.0. The summed E-state index contributed by atoms with van der Waals surface area (Å²) in [4.78, 5) is 29.3. The van der Waals surface area contributed by atoms with E-state index in [0.717, 1.165) is 32.4 Å². The molecule has 9 nitrogen and oxygen atoms in total. The van der Waals surface area contributed by atoms with Crippen LogP contribution in [0.5, 0.6) is 0 Å². The average Bonchev–Trinajstić information content (AvgIpc) is 3.40. The Labute approximate surface area is 254 Å². The molecule has 1 heterocycles. The van der Waals surface area contributed by atoms with Crippen LogP contribution in [-0.4, -0.2) is 100 Å². The van der Waals surface area contributed by atoms with E-state index in [1.807, 2.05) is 25.3 Å². The van der Waals surface area contributed by atoms with Gasteiger partial charge in [-0.15, -0.1) is 0 Å². The summed E-state index contributed by atoms with van der Waals surface area (Å²) in [5, 5.41) is 0. The molecule has 1 aromatic rings. The zero-order chi connectivity index (χ0) is 30.5. The number of benzene rings is 1. The van der Waals surface area contributed by atoms with Gasteiger partial charge in [-0.05, 0) is 49.3 Å². The number of likely N-dealkylation sites (tertiary alicyclic amines) is 1. The van der Waals surface area contributed by atoms with E-state index >= 15 is 0 Å². The Morgan fingerprint density at radius 3 is 2.37 bits per heavy atom. The van der Waals surface area contributed by atoms with Gasteiger partial charge in [-0.3, -0.25) is 9.69 Å². The fourth-order valence-corrected chi connectivity index (χ4v) is 12.3. The molecule has 0 N–H and O–H groups in total. The maximum Gasteiger partial charge on any atom is 0.338 e. The quantitative estimate of drug-likeness (QED) is 0.416. The summed E-state index contributed by atoms with van der Waals surface area (Å²) >= 11 is 0. The Kier molecular flexibility index (Phi) is 6.88. The summed E-state index contributed by atoms with van der Waals surface area (Å²) in [5.41, 5.74) is -2.02. The van der Waals surface area contributed by atoms with Crippen LogP contribution in [0.4, 0.5) is 0 Å². The second kappa shape index (κ2) is 9.98. The number of carbonyl (C=O) groups excluding carboxylic acids is 2. The third-order valence-electron chi connectivity index (χ3n) is 13.2. The number of hydrogen-bond donors (Lipinski definition) is 0. The monoisotopic (exact) mass is 597 g/mol. The maximum atomic E-state index is 13.7. The van der Waals surface area contributed by atoms with Crippen molar-refractivity contribution >= 4 is 11.9 Å².